The third kappa shape index (κ3) is 2.69. The van der Waals surface area contributed by atoms with E-state index in [1.165, 1.54) is 6.92 Å². The Morgan fingerprint density at radius 3 is 2.53 bits per heavy atom. The van der Waals surface area contributed by atoms with E-state index in [9.17, 15) is 4.79 Å². The highest BCUT2D eigenvalue weighted by Crippen LogP contribution is 2.33. The molecule has 88 valence electrons. The highest BCUT2D eigenvalue weighted by molar-refractivity contribution is 5.66. The second-order valence-corrected chi connectivity index (χ2v) is 4.40. The number of carbonyl (C=O) groups excluding carboxylic acids is 1. The van der Waals surface area contributed by atoms with Gasteiger partial charge in [-0.25, -0.2) is 0 Å². The Morgan fingerprint density at radius 2 is 2.07 bits per heavy atom. The van der Waals surface area contributed by atoms with Crippen LogP contribution in [0, 0.1) is 0 Å². The smallest absolute Gasteiger partial charge is 0.303 e. The number of ether oxygens (including phenoxy) is 3. The summed E-state index contributed by atoms with van der Waals surface area (Å²) in [4.78, 5) is 11.0. The van der Waals surface area contributed by atoms with Crippen LogP contribution in [0.5, 0.6) is 0 Å². The molecule has 0 aromatic rings. The van der Waals surface area contributed by atoms with Crippen molar-refractivity contribution >= 4 is 5.97 Å². The Hall–Kier alpha value is -0.610. The van der Waals surface area contributed by atoms with E-state index >= 15 is 0 Å². The molecule has 0 saturated carbocycles. The van der Waals surface area contributed by atoms with E-state index in [0.717, 1.165) is 6.42 Å². The molecule has 0 aliphatic carbocycles. The van der Waals surface area contributed by atoms with Crippen LogP contribution in [0.25, 0.3) is 0 Å². The van der Waals surface area contributed by atoms with Crippen LogP contribution in [0.4, 0.5) is 0 Å². The van der Waals surface area contributed by atoms with E-state index in [2.05, 4.69) is 0 Å². The van der Waals surface area contributed by atoms with Crippen molar-refractivity contribution in [3.63, 3.8) is 0 Å². The lowest BCUT2D eigenvalue weighted by molar-refractivity contribution is -0.225. The Kier molecular flexibility index (Phi) is 3.73. The Morgan fingerprint density at radius 1 is 1.47 bits per heavy atom. The molecule has 1 aliphatic heterocycles. The second-order valence-electron chi connectivity index (χ2n) is 4.40. The lowest BCUT2D eigenvalue weighted by Crippen LogP contribution is -2.56. The van der Waals surface area contributed by atoms with Crippen LogP contribution in [0.1, 0.15) is 34.1 Å². The first-order valence-electron chi connectivity index (χ1n) is 5.27. The zero-order valence-corrected chi connectivity index (χ0v) is 10.1. The molecular weight excluding hydrogens is 196 g/mol. The van der Waals surface area contributed by atoms with Crippen molar-refractivity contribution in [1.29, 1.82) is 0 Å². The minimum absolute atomic E-state index is 0.122. The maximum atomic E-state index is 11.0. The second kappa shape index (κ2) is 4.49. The molecule has 4 heteroatoms. The van der Waals surface area contributed by atoms with Gasteiger partial charge in [-0.3, -0.25) is 4.79 Å². The lowest BCUT2D eigenvalue weighted by Gasteiger charge is -2.45. The van der Waals surface area contributed by atoms with Crippen LogP contribution in [0.15, 0.2) is 0 Å². The molecule has 4 nitrogen and oxygen atoms in total. The largest absolute Gasteiger partial charge is 0.457 e. The van der Waals surface area contributed by atoms with Gasteiger partial charge in [0.25, 0.3) is 0 Å². The van der Waals surface area contributed by atoms with Crippen LogP contribution in [0.2, 0.25) is 0 Å². The summed E-state index contributed by atoms with van der Waals surface area (Å²) in [5.41, 5.74) is -0.456. The minimum Gasteiger partial charge on any atom is -0.457 e. The molecule has 1 unspecified atom stereocenters. The quantitative estimate of drug-likeness (QED) is 0.656. The first kappa shape index (κ1) is 12.5. The van der Waals surface area contributed by atoms with Gasteiger partial charge in [0.1, 0.15) is 5.60 Å². The monoisotopic (exact) mass is 216 g/mol. The number of hydrogen-bond donors (Lipinski definition) is 0. The predicted molar refractivity (Wildman–Crippen MR) is 55.6 cm³/mol. The van der Waals surface area contributed by atoms with Gasteiger partial charge in [0, 0.05) is 20.5 Å². The maximum absolute atomic E-state index is 11.0. The maximum Gasteiger partial charge on any atom is 0.303 e. The van der Waals surface area contributed by atoms with E-state index in [1.54, 1.807) is 7.11 Å². The molecule has 0 spiro atoms. The molecule has 1 saturated heterocycles. The fourth-order valence-corrected chi connectivity index (χ4v) is 2.27. The Labute approximate surface area is 90.9 Å². The summed E-state index contributed by atoms with van der Waals surface area (Å²) in [5, 5.41) is 0. The van der Waals surface area contributed by atoms with Gasteiger partial charge in [0.05, 0.1) is 12.2 Å². The van der Waals surface area contributed by atoms with Crippen molar-refractivity contribution in [2.75, 3.05) is 7.11 Å². The van der Waals surface area contributed by atoms with Crippen molar-refractivity contribution in [1.82, 2.24) is 0 Å². The molecule has 1 rings (SSSR count). The zero-order valence-electron chi connectivity index (χ0n) is 10.1. The molecule has 0 aromatic carbocycles. The van der Waals surface area contributed by atoms with Crippen molar-refractivity contribution in [3.8, 4) is 0 Å². The molecule has 0 aromatic heterocycles. The standard InChI is InChI=1S/C11H20O4/c1-7-6-11(4,13-5)10(8(2)14-7)15-9(3)12/h7-8,10H,6H2,1-5H3/t7-,8?,10-,11+/m0/s1. The highest BCUT2D eigenvalue weighted by Gasteiger charge is 2.46. The summed E-state index contributed by atoms with van der Waals surface area (Å²) in [6.45, 7) is 7.26. The van der Waals surface area contributed by atoms with E-state index < -0.39 is 5.60 Å². The summed E-state index contributed by atoms with van der Waals surface area (Å²) in [5.74, 6) is -0.298. The van der Waals surface area contributed by atoms with E-state index in [1.807, 2.05) is 20.8 Å². The average Bonchev–Trinajstić information content (AvgIpc) is 2.11. The summed E-state index contributed by atoms with van der Waals surface area (Å²) < 4.78 is 16.4. The molecule has 0 radical (unpaired) electrons. The molecular formula is C11H20O4. The molecule has 0 amide bonds. The summed E-state index contributed by atoms with van der Waals surface area (Å²) in [6.07, 6.45) is 0.377. The fourth-order valence-electron chi connectivity index (χ4n) is 2.27. The summed E-state index contributed by atoms with van der Waals surface area (Å²) in [6, 6.07) is 0. The van der Waals surface area contributed by atoms with Gasteiger partial charge < -0.3 is 14.2 Å². The Bertz CT molecular complexity index is 241. The molecule has 1 fully saturated rings. The fraction of sp³-hybridized carbons (Fsp3) is 0.909. The van der Waals surface area contributed by atoms with E-state index in [4.69, 9.17) is 14.2 Å². The number of rotatable bonds is 2. The van der Waals surface area contributed by atoms with Crippen LogP contribution in [0.3, 0.4) is 0 Å². The van der Waals surface area contributed by atoms with Crippen molar-refractivity contribution in [2.45, 2.75) is 58.0 Å². The van der Waals surface area contributed by atoms with Crippen molar-refractivity contribution in [3.05, 3.63) is 0 Å². The molecule has 0 bridgehead atoms. The number of hydrogen-bond acceptors (Lipinski definition) is 4. The van der Waals surface area contributed by atoms with E-state index in [0.29, 0.717) is 0 Å². The molecule has 1 heterocycles. The van der Waals surface area contributed by atoms with Gasteiger partial charge in [-0.05, 0) is 20.8 Å². The lowest BCUT2D eigenvalue weighted by atomic mass is 9.86. The van der Waals surface area contributed by atoms with Crippen LogP contribution in [-0.2, 0) is 19.0 Å². The SMILES string of the molecule is CO[C@]1(C)C[C@H](C)OC(C)[C@@H]1OC(C)=O. The third-order valence-electron chi connectivity index (χ3n) is 2.93. The first-order valence-corrected chi connectivity index (χ1v) is 5.27. The minimum atomic E-state index is -0.456. The highest BCUT2D eigenvalue weighted by atomic mass is 16.6. The number of methoxy groups -OCH3 is 1. The van der Waals surface area contributed by atoms with Gasteiger partial charge in [-0.15, -0.1) is 0 Å². The number of esters is 1. The third-order valence-corrected chi connectivity index (χ3v) is 2.93. The van der Waals surface area contributed by atoms with Gasteiger partial charge in [0.15, 0.2) is 6.10 Å². The van der Waals surface area contributed by atoms with Crippen molar-refractivity contribution < 1.29 is 19.0 Å². The molecule has 4 atom stereocenters. The molecule has 0 N–H and O–H groups in total. The topological polar surface area (TPSA) is 44.8 Å². The van der Waals surface area contributed by atoms with Crippen molar-refractivity contribution in [2.24, 2.45) is 0 Å². The zero-order chi connectivity index (χ0) is 11.6. The van der Waals surface area contributed by atoms with Gasteiger partial charge in [0.2, 0.25) is 0 Å². The number of carbonyl (C=O) groups is 1. The van der Waals surface area contributed by atoms with Crippen LogP contribution >= 0.6 is 0 Å². The summed E-state index contributed by atoms with van der Waals surface area (Å²) in [7, 11) is 1.64. The van der Waals surface area contributed by atoms with Gasteiger partial charge in [-0.1, -0.05) is 0 Å². The van der Waals surface area contributed by atoms with Crippen LogP contribution < -0.4 is 0 Å². The normalized spacial score (nSPS) is 41.3. The first-order chi connectivity index (χ1) is 6.89. The molecule has 15 heavy (non-hydrogen) atoms. The van der Waals surface area contributed by atoms with Gasteiger partial charge in [-0.2, -0.15) is 0 Å². The molecule has 1 aliphatic rings. The predicted octanol–water partition coefficient (Wildman–Crippen LogP) is 1.52. The van der Waals surface area contributed by atoms with Crippen LogP contribution in [-0.4, -0.2) is 37.0 Å². The Balaban J connectivity index is 2.82. The van der Waals surface area contributed by atoms with Gasteiger partial charge >= 0.3 is 5.97 Å². The summed E-state index contributed by atoms with van der Waals surface area (Å²) >= 11 is 0. The average molecular weight is 216 g/mol. The van der Waals surface area contributed by atoms with E-state index in [-0.39, 0.29) is 24.3 Å².